The highest BCUT2D eigenvalue weighted by Gasteiger charge is 2.23. The Bertz CT molecular complexity index is 1030. The summed E-state index contributed by atoms with van der Waals surface area (Å²) in [4.78, 5) is 18.2. The maximum atomic E-state index is 13.3. The fourth-order valence-electron chi connectivity index (χ4n) is 3.15. The molecule has 0 bridgehead atoms. The molecule has 3 N–H and O–H groups in total. The van der Waals surface area contributed by atoms with Crippen molar-refractivity contribution in [3.05, 3.63) is 95.6 Å². The van der Waals surface area contributed by atoms with Crippen molar-refractivity contribution in [1.82, 2.24) is 5.32 Å². The Kier molecular flexibility index (Phi) is 7.93. The second-order valence-electron chi connectivity index (χ2n) is 7.05. The van der Waals surface area contributed by atoms with Gasteiger partial charge in [-0.3, -0.25) is 0 Å². The first-order valence-corrected chi connectivity index (χ1v) is 9.92. The third-order valence-electron chi connectivity index (χ3n) is 4.71. The maximum absolute atomic E-state index is 13.3. The Labute approximate surface area is 188 Å². The summed E-state index contributed by atoms with van der Waals surface area (Å²) in [5.74, 6) is -2.78. The van der Waals surface area contributed by atoms with E-state index in [1.165, 1.54) is 24.3 Å². The molecule has 0 saturated heterocycles. The van der Waals surface area contributed by atoms with E-state index in [1.807, 2.05) is 24.3 Å². The van der Waals surface area contributed by atoms with Crippen molar-refractivity contribution in [2.75, 3.05) is 13.2 Å². The summed E-state index contributed by atoms with van der Waals surface area (Å²) in [6, 6.07) is 19.9. The van der Waals surface area contributed by atoms with Gasteiger partial charge in [0.25, 0.3) is 0 Å². The molecule has 3 aromatic carbocycles. The number of halogens is 2. The van der Waals surface area contributed by atoms with E-state index in [0.717, 1.165) is 22.6 Å². The van der Waals surface area contributed by atoms with Gasteiger partial charge in [-0.25, -0.2) is 18.4 Å². The number of carboxylic acids is 2. The van der Waals surface area contributed by atoms with Gasteiger partial charge in [0, 0.05) is 6.54 Å². The van der Waals surface area contributed by atoms with Crippen LogP contribution in [0, 0.1) is 11.6 Å². The highest BCUT2D eigenvalue weighted by atomic mass is 19.1. The van der Waals surface area contributed by atoms with E-state index in [9.17, 15) is 8.78 Å². The molecule has 1 atom stereocenters. The molecule has 0 radical (unpaired) electrons. The van der Waals surface area contributed by atoms with Gasteiger partial charge in [-0.1, -0.05) is 36.4 Å². The number of carboxylic acid groups (broad SMARTS) is 2. The molecule has 0 spiro atoms. The molecule has 1 aliphatic rings. The number of para-hydroxylation sites is 2. The van der Waals surface area contributed by atoms with Crippen LogP contribution < -0.4 is 14.8 Å². The van der Waals surface area contributed by atoms with Gasteiger partial charge in [-0.05, 0) is 47.5 Å². The van der Waals surface area contributed by atoms with E-state index in [-0.39, 0.29) is 23.8 Å². The van der Waals surface area contributed by atoms with Crippen LogP contribution in [-0.4, -0.2) is 41.4 Å². The number of aliphatic carboxylic acids is 2. The van der Waals surface area contributed by atoms with E-state index in [2.05, 4.69) is 5.32 Å². The fourth-order valence-corrected chi connectivity index (χ4v) is 3.15. The Morgan fingerprint density at radius 1 is 0.848 bits per heavy atom. The lowest BCUT2D eigenvalue weighted by atomic mass is 9.98. The summed E-state index contributed by atoms with van der Waals surface area (Å²) in [7, 11) is 0. The smallest absolute Gasteiger partial charge is 0.414 e. The summed E-state index contributed by atoms with van der Waals surface area (Å²) < 4.78 is 38.4. The first-order valence-electron chi connectivity index (χ1n) is 9.92. The third-order valence-corrected chi connectivity index (χ3v) is 4.71. The molecule has 9 heteroatoms. The highest BCUT2D eigenvalue weighted by molar-refractivity contribution is 6.27. The molecule has 172 valence electrons. The van der Waals surface area contributed by atoms with Crippen LogP contribution in [0.1, 0.15) is 17.2 Å². The number of benzene rings is 3. The SMILES string of the molecule is Fc1ccc(C(NCC2COc3ccccc3O2)c2ccc(F)cc2)cc1.O=C(O)C(=O)O. The lowest BCUT2D eigenvalue weighted by Gasteiger charge is -2.28. The van der Waals surface area contributed by atoms with Crippen LogP contribution in [0.4, 0.5) is 8.78 Å². The molecule has 0 saturated carbocycles. The summed E-state index contributed by atoms with van der Waals surface area (Å²) in [5, 5.41) is 18.2. The van der Waals surface area contributed by atoms with E-state index in [0.29, 0.717) is 13.2 Å². The first kappa shape index (κ1) is 23.7. The minimum Gasteiger partial charge on any atom is -0.486 e. The molecule has 0 fully saturated rings. The number of fused-ring (bicyclic) bond motifs is 1. The quantitative estimate of drug-likeness (QED) is 0.503. The molecular weight excluding hydrogens is 436 g/mol. The molecule has 1 heterocycles. The summed E-state index contributed by atoms with van der Waals surface area (Å²) in [6.45, 7) is 0.956. The van der Waals surface area contributed by atoms with Crippen molar-refractivity contribution in [3.63, 3.8) is 0 Å². The second-order valence-corrected chi connectivity index (χ2v) is 7.05. The van der Waals surface area contributed by atoms with Gasteiger partial charge in [0.2, 0.25) is 0 Å². The van der Waals surface area contributed by atoms with Crippen molar-refractivity contribution in [2.45, 2.75) is 12.1 Å². The number of hydrogen-bond donors (Lipinski definition) is 3. The van der Waals surface area contributed by atoms with Crippen LogP contribution >= 0.6 is 0 Å². The van der Waals surface area contributed by atoms with E-state index in [4.69, 9.17) is 29.3 Å². The lowest BCUT2D eigenvalue weighted by molar-refractivity contribution is -0.159. The molecular formula is C24H21F2NO6. The van der Waals surface area contributed by atoms with Crippen molar-refractivity contribution < 1.29 is 38.1 Å². The topological polar surface area (TPSA) is 105 Å². The molecule has 0 amide bonds. The largest absolute Gasteiger partial charge is 0.486 e. The Hall–Kier alpha value is -3.98. The van der Waals surface area contributed by atoms with Crippen molar-refractivity contribution in [1.29, 1.82) is 0 Å². The zero-order chi connectivity index (χ0) is 23.8. The van der Waals surface area contributed by atoms with Gasteiger partial charge in [0.1, 0.15) is 24.3 Å². The van der Waals surface area contributed by atoms with E-state index >= 15 is 0 Å². The first-order chi connectivity index (χ1) is 15.8. The lowest BCUT2D eigenvalue weighted by Crippen LogP contribution is -2.40. The maximum Gasteiger partial charge on any atom is 0.414 e. The van der Waals surface area contributed by atoms with Crippen LogP contribution in [0.2, 0.25) is 0 Å². The van der Waals surface area contributed by atoms with Gasteiger partial charge in [0.05, 0.1) is 6.04 Å². The van der Waals surface area contributed by atoms with Crippen LogP contribution in [0.5, 0.6) is 11.5 Å². The van der Waals surface area contributed by atoms with Crippen molar-refractivity contribution in [3.8, 4) is 11.5 Å². The second kappa shape index (κ2) is 11.1. The number of nitrogens with one attached hydrogen (secondary N) is 1. The summed E-state index contributed by atoms with van der Waals surface area (Å²) >= 11 is 0. The van der Waals surface area contributed by atoms with E-state index < -0.39 is 11.9 Å². The predicted molar refractivity (Wildman–Crippen MR) is 114 cm³/mol. The zero-order valence-electron chi connectivity index (χ0n) is 17.3. The molecule has 1 aliphatic heterocycles. The highest BCUT2D eigenvalue weighted by Crippen LogP contribution is 2.31. The van der Waals surface area contributed by atoms with Crippen molar-refractivity contribution in [2.24, 2.45) is 0 Å². The molecule has 33 heavy (non-hydrogen) atoms. The average Bonchev–Trinajstić information content (AvgIpc) is 2.81. The van der Waals surface area contributed by atoms with Gasteiger partial charge in [0.15, 0.2) is 11.5 Å². The predicted octanol–water partition coefficient (Wildman–Crippen LogP) is 3.64. The molecule has 1 unspecified atom stereocenters. The van der Waals surface area contributed by atoms with Gasteiger partial charge < -0.3 is 25.0 Å². The minimum absolute atomic E-state index is 0.164. The number of rotatable bonds is 5. The minimum atomic E-state index is -1.82. The Balaban J connectivity index is 0.000000454. The van der Waals surface area contributed by atoms with Crippen LogP contribution in [0.25, 0.3) is 0 Å². The summed E-state index contributed by atoms with van der Waals surface area (Å²) in [5.41, 5.74) is 1.78. The monoisotopic (exact) mass is 457 g/mol. The Morgan fingerprint density at radius 3 is 1.82 bits per heavy atom. The van der Waals surface area contributed by atoms with Gasteiger partial charge in [-0.15, -0.1) is 0 Å². The molecule has 0 aromatic heterocycles. The van der Waals surface area contributed by atoms with E-state index in [1.54, 1.807) is 24.3 Å². The summed E-state index contributed by atoms with van der Waals surface area (Å²) in [6.07, 6.45) is -0.164. The normalized spacial score (nSPS) is 14.2. The van der Waals surface area contributed by atoms with Gasteiger partial charge >= 0.3 is 11.9 Å². The van der Waals surface area contributed by atoms with Crippen LogP contribution in [0.15, 0.2) is 72.8 Å². The van der Waals surface area contributed by atoms with Crippen LogP contribution in [-0.2, 0) is 9.59 Å². The zero-order valence-corrected chi connectivity index (χ0v) is 17.3. The molecule has 3 aromatic rings. The van der Waals surface area contributed by atoms with Crippen LogP contribution in [0.3, 0.4) is 0 Å². The molecule has 7 nitrogen and oxygen atoms in total. The third kappa shape index (κ3) is 6.75. The number of ether oxygens (including phenoxy) is 2. The molecule has 4 rings (SSSR count). The fraction of sp³-hybridized carbons (Fsp3) is 0.167. The average molecular weight is 457 g/mol. The molecule has 0 aliphatic carbocycles. The van der Waals surface area contributed by atoms with Gasteiger partial charge in [-0.2, -0.15) is 0 Å². The number of carbonyl (C=O) groups is 2. The van der Waals surface area contributed by atoms with Crippen molar-refractivity contribution >= 4 is 11.9 Å². The number of hydrogen-bond acceptors (Lipinski definition) is 5. The Morgan fingerprint density at radius 2 is 1.33 bits per heavy atom. The standard InChI is InChI=1S/C22H19F2NO2.C2H2O4/c23-17-9-5-15(6-10-17)22(16-7-11-18(24)12-8-16)25-13-19-14-26-20-3-1-2-4-21(20)27-19;3-1(4)2(5)6/h1-12,19,22,25H,13-14H2;(H,3,4)(H,5,6).